The van der Waals surface area contributed by atoms with Crippen LogP contribution in [0.25, 0.3) is 0 Å². The molecule has 0 radical (unpaired) electrons. The first-order valence-electron chi connectivity index (χ1n) is 4.99. The Balaban J connectivity index is 1.70. The number of thiophene rings is 1. The zero-order valence-electron chi connectivity index (χ0n) is 8.05. The van der Waals surface area contributed by atoms with E-state index >= 15 is 0 Å². The van der Waals surface area contributed by atoms with Gasteiger partial charge in [0.1, 0.15) is 0 Å². The van der Waals surface area contributed by atoms with E-state index in [1.165, 1.54) is 28.9 Å². The van der Waals surface area contributed by atoms with Gasteiger partial charge in [0.2, 0.25) is 0 Å². The average Bonchev–Trinajstić information content (AvgIpc) is 2.78. The second-order valence-electron chi connectivity index (χ2n) is 3.68. The molecule has 1 unspecified atom stereocenters. The monoisotopic (exact) mass is 274 g/mol. The van der Waals surface area contributed by atoms with Gasteiger partial charge in [-0.2, -0.15) is 0 Å². The predicted molar refractivity (Wildman–Crippen MR) is 64.7 cm³/mol. The number of hydrogen-bond donors (Lipinski definition) is 2. The predicted octanol–water partition coefficient (Wildman–Crippen LogP) is 2.21. The highest BCUT2D eigenvalue weighted by Gasteiger charge is 2.13. The summed E-state index contributed by atoms with van der Waals surface area (Å²) < 4.78 is 1.24. The molecule has 0 spiro atoms. The van der Waals surface area contributed by atoms with E-state index in [4.69, 9.17) is 0 Å². The molecule has 1 aromatic heterocycles. The van der Waals surface area contributed by atoms with Crippen molar-refractivity contribution in [2.24, 2.45) is 5.92 Å². The van der Waals surface area contributed by atoms with Crippen LogP contribution in [0.15, 0.2) is 15.9 Å². The number of hydrogen-bond acceptors (Lipinski definition) is 3. The van der Waals surface area contributed by atoms with E-state index in [1.54, 1.807) is 0 Å². The van der Waals surface area contributed by atoms with Crippen LogP contribution in [0.1, 0.15) is 11.3 Å². The van der Waals surface area contributed by atoms with Gasteiger partial charge in [-0.1, -0.05) is 0 Å². The van der Waals surface area contributed by atoms with Crippen LogP contribution < -0.4 is 10.6 Å². The molecule has 0 aromatic carbocycles. The van der Waals surface area contributed by atoms with Crippen LogP contribution in [0.2, 0.25) is 0 Å². The lowest BCUT2D eigenvalue weighted by Gasteiger charge is -2.08. The van der Waals surface area contributed by atoms with Gasteiger partial charge in [0.05, 0.1) is 0 Å². The summed E-state index contributed by atoms with van der Waals surface area (Å²) in [5.74, 6) is 0.828. The highest BCUT2D eigenvalue weighted by atomic mass is 79.9. The van der Waals surface area contributed by atoms with E-state index < -0.39 is 0 Å². The van der Waals surface area contributed by atoms with Crippen LogP contribution in [-0.4, -0.2) is 19.6 Å². The Morgan fingerprint density at radius 1 is 1.64 bits per heavy atom. The largest absolute Gasteiger partial charge is 0.316 e. The van der Waals surface area contributed by atoms with Gasteiger partial charge >= 0.3 is 0 Å². The molecule has 1 atom stereocenters. The van der Waals surface area contributed by atoms with Crippen molar-refractivity contribution in [2.75, 3.05) is 19.6 Å². The number of nitrogens with one attached hydrogen (secondary N) is 2. The minimum atomic E-state index is 0.828. The van der Waals surface area contributed by atoms with Crippen molar-refractivity contribution in [3.8, 4) is 0 Å². The Hall–Kier alpha value is 0.1000. The normalized spacial score (nSPS) is 21.6. The topological polar surface area (TPSA) is 24.1 Å². The molecular formula is C10H15BrN2S. The maximum absolute atomic E-state index is 3.54. The SMILES string of the molecule is Brc1ccsc1CNCC1CCNC1. The van der Waals surface area contributed by atoms with Crippen LogP contribution in [-0.2, 0) is 6.54 Å². The molecular weight excluding hydrogens is 260 g/mol. The Morgan fingerprint density at radius 2 is 2.57 bits per heavy atom. The van der Waals surface area contributed by atoms with Crippen molar-refractivity contribution < 1.29 is 0 Å². The molecule has 78 valence electrons. The molecule has 4 heteroatoms. The van der Waals surface area contributed by atoms with Crippen molar-refractivity contribution in [3.05, 3.63) is 20.8 Å². The number of halogens is 1. The van der Waals surface area contributed by atoms with Gasteiger partial charge in [-0.05, 0) is 59.3 Å². The van der Waals surface area contributed by atoms with E-state index in [-0.39, 0.29) is 0 Å². The summed E-state index contributed by atoms with van der Waals surface area (Å²) in [6, 6.07) is 2.11. The summed E-state index contributed by atoms with van der Waals surface area (Å²) in [4.78, 5) is 1.40. The quantitative estimate of drug-likeness (QED) is 0.880. The summed E-state index contributed by atoms with van der Waals surface area (Å²) in [7, 11) is 0. The molecule has 2 N–H and O–H groups in total. The molecule has 1 saturated heterocycles. The van der Waals surface area contributed by atoms with Crippen molar-refractivity contribution >= 4 is 27.3 Å². The lowest BCUT2D eigenvalue weighted by atomic mass is 10.1. The lowest BCUT2D eigenvalue weighted by molar-refractivity contribution is 0.514. The van der Waals surface area contributed by atoms with Crippen molar-refractivity contribution in [2.45, 2.75) is 13.0 Å². The molecule has 0 saturated carbocycles. The van der Waals surface area contributed by atoms with Crippen LogP contribution in [0, 0.1) is 5.92 Å². The van der Waals surface area contributed by atoms with E-state index in [0.29, 0.717) is 0 Å². The standard InChI is InChI=1S/C10H15BrN2S/c11-9-2-4-14-10(9)7-13-6-8-1-3-12-5-8/h2,4,8,12-13H,1,3,5-7H2. The highest BCUT2D eigenvalue weighted by Crippen LogP contribution is 2.22. The molecule has 2 rings (SSSR count). The van der Waals surface area contributed by atoms with E-state index in [1.807, 2.05) is 11.3 Å². The molecule has 1 aliphatic rings. The van der Waals surface area contributed by atoms with Crippen molar-refractivity contribution in [1.29, 1.82) is 0 Å². The molecule has 14 heavy (non-hydrogen) atoms. The molecule has 1 fully saturated rings. The zero-order chi connectivity index (χ0) is 9.80. The van der Waals surface area contributed by atoms with Gasteiger partial charge in [0.15, 0.2) is 0 Å². The van der Waals surface area contributed by atoms with Crippen LogP contribution >= 0.6 is 27.3 Å². The second kappa shape index (κ2) is 5.26. The molecule has 0 aliphatic carbocycles. The summed E-state index contributed by atoms with van der Waals surface area (Å²) >= 11 is 5.35. The highest BCUT2D eigenvalue weighted by molar-refractivity contribution is 9.10. The van der Waals surface area contributed by atoms with E-state index in [2.05, 4.69) is 38.0 Å². The van der Waals surface area contributed by atoms with Gasteiger partial charge in [-0.3, -0.25) is 0 Å². The van der Waals surface area contributed by atoms with Crippen molar-refractivity contribution in [1.82, 2.24) is 10.6 Å². The molecule has 2 heterocycles. The fourth-order valence-corrected chi connectivity index (χ4v) is 3.19. The average molecular weight is 275 g/mol. The Labute approximate surface area is 97.2 Å². The summed E-state index contributed by atoms with van der Waals surface area (Å²) in [6.45, 7) is 4.50. The minimum absolute atomic E-state index is 0.828. The zero-order valence-corrected chi connectivity index (χ0v) is 10.5. The fourth-order valence-electron chi connectivity index (χ4n) is 1.73. The summed E-state index contributed by atoms with van der Waals surface area (Å²) in [5, 5.41) is 9.01. The Bertz CT molecular complexity index is 281. The Morgan fingerprint density at radius 3 is 3.21 bits per heavy atom. The maximum Gasteiger partial charge on any atom is 0.0327 e. The van der Waals surface area contributed by atoms with E-state index in [0.717, 1.165) is 19.0 Å². The van der Waals surface area contributed by atoms with Crippen molar-refractivity contribution in [3.63, 3.8) is 0 Å². The van der Waals surface area contributed by atoms with Gasteiger partial charge in [0.25, 0.3) is 0 Å². The summed E-state index contributed by atoms with van der Waals surface area (Å²) in [5.41, 5.74) is 0. The lowest BCUT2D eigenvalue weighted by Crippen LogP contribution is -2.23. The Kier molecular flexibility index (Phi) is 3.99. The molecule has 2 nitrogen and oxygen atoms in total. The van der Waals surface area contributed by atoms with Crippen LogP contribution in [0.3, 0.4) is 0 Å². The first-order chi connectivity index (χ1) is 6.86. The first-order valence-corrected chi connectivity index (χ1v) is 6.67. The van der Waals surface area contributed by atoms with Crippen LogP contribution in [0.4, 0.5) is 0 Å². The van der Waals surface area contributed by atoms with Crippen LogP contribution in [0.5, 0.6) is 0 Å². The van der Waals surface area contributed by atoms with Gasteiger partial charge in [0, 0.05) is 15.9 Å². The van der Waals surface area contributed by atoms with Gasteiger partial charge in [-0.25, -0.2) is 0 Å². The fraction of sp³-hybridized carbons (Fsp3) is 0.600. The third-order valence-electron chi connectivity index (χ3n) is 2.57. The van der Waals surface area contributed by atoms with E-state index in [9.17, 15) is 0 Å². The second-order valence-corrected chi connectivity index (χ2v) is 5.54. The molecule has 1 aliphatic heterocycles. The number of rotatable bonds is 4. The minimum Gasteiger partial charge on any atom is -0.316 e. The third kappa shape index (κ3) is 2.79. The first kappa shape index (κ1) is 10.6. The molecule has 0 bridgehead atoms. The third-order valence-corrected chi connectivity index (χ3v) is 4.50. The smallest absolute Gasteiger partial charge is 0.0327 e. The van der Waals surface area contributed by atoms with Gasteiger partial charge in [-0.15, -0.1) is 11.3 Å². The van der Waals surface area contributed by atoms with Gasteiger partial charge < -0.3 is 10.6 Å². The summed E-state index contributed by atoms with van der Waals surface area (Å²) in [6.07, 6.45) is 1.32. The molecule has 1 aromatic rings. The maximum atomic E-state index is 3.54. The molecule has 0 amide bonds.